The molecule has 96 valence electrons. The van der Waals surface area contributed by atoms with Gasteiger partial charge in [-0.05, 0) is 31.5 Å². The average molecular weight is 256 g/mol. The normalized spacial score (nSPS) is 13.4. The van der Waals surface area contributed by atoms with Crippen LogP contribution in [0.3, 0.4) is 0 Å². The van der Waals surface area contributed by atoms with E-state index in [0.717, 1.165) is 24.8 Å². The first kappa shape index (κ1) is 14.0. The third-order valence-electron chi connectivity index (χ3n) is 2.42. The van der Waals surface area contributed by atoms with E-state index in [-0.39, 0.29) is 6.04 Å². The summed E-state index contributed by atoms with van der Waals surface area (Å²) in [5.74, 6) is 0. The topological polar surface area (TPSA) is 58.2 Å². The molecule has 1 aromatic rings. The maximum atomic E-state index is 11.3. The number of nitrogens with one attached hydrogen (secondary N) is 2. The lowest BCUT2D eigenvalue weighted by atomic mass is 10.1. The largest absolute Gasteiger partial charge is 0.310 e. The summed E-state index contributed by atoms with van der Waals surface area (Å²) < 4.78 is 25.1. The molecule has 1 rings (SSSR count). The van der Waals surface area contributed by atoms with Crippen LogP contribution in [0.4, 0.5) is 5.69 Å². The molecular weight excluding hydrogens is 236 g/mol. The lowest BCUT2D eigenvalue weighted by Gasteiger charge is -2.18. The molecule has 5 heteroatoms. The highest BCUT2D eigenvalue weighted by molar-refractivity contribution is 7.92. The van der Waals surface area contributed by atoms with Gasteiger partial charge < -0.3 is 5.32 Å². The summed E-state index contributed by atoms with van der Waals surface area (Å²) >= 11 is 0. The Balaban J connectivity index is 2.91. The van der Waals surface area contributed by atoms with Crippen LogP contribution in [-0.4, -0.2) is 21.2 Å². The Morgan fingerprint density at radius 2 is 1.94 bits per heavy atom. The maximum absolute atomic E-state index is 11.3. The molecule has 4 nitrogen and oxygen atoms in total. The van der Waals surface area contributed by atoms with E-state index >= 15 is 0 Å². The highest BCUT2D eigenvalue weighted by atomic mass is 32.2. The Labute approximate surface area is 103 Å². The first-order valence-corrected chi connectivity index (χ1v) is 7.63. The molecule has 0 saturated heterocycles. The van der Waals surface area contributed by atoms with Gasteiger partial charge in [-0.25, -0.2) is 8.42 Å². The molecule has 0 aromatic heterocycles. The minimum absolute atomic E-state index is 0.125. The summed E-state index contributed by atoms with van der Waals surface area (Å²) in [6.45, 7) is 5.03. The second-order valence-corrected chi connectivity index (χ2v) is 5.89. The van der Waals surface area contributed by atoms with Crippen molar-refractivity contribution in [2.45, 2.75) is 26.3 Å². The summed E-state index contributed by atoms with van der Waals surface area (Å²) in [5.41, 5.74) is 1.61. The van der Waals surface area contributed by atoms with Gasteiger partial charge in [-0.1, -0.05) is 25.1 Å². The fraction of sp³-hybridized carbons (Fsp3) is 0.500. The number of rotatable bonds is 6. The molecule has 0 saturated carbocycles. The average Bonchev–Trinajstić information content (AvgIpc) is 2.24. The lowest BCUT2D eigenvalue weighted by molar-refractivity contribution is 0.571. The third-order valence-corrected chi connectivity index (χ3v) is 3.01. The number of benzene rings is 1. The van der Waals surface area contributed by atoms with Gasteiger partial charge in [0.1, 0.15) is 0 Å². The van der Waals surface area contributed by atoms with Crippen LogP contribution in [0.15, 0.2) is 24.3 Å². The van der Waals surface area contributed by atoms with Crippen LogP contribution >= 0.6 is 0 Å². The van der Waals surface area contributed by atoms with Crippen molar-refractivity contribution < 1.29 is 8.42 Å². The summed E-state index contributed by atoms with van der Waals surface area (Å²) in [4.78, 5) is 0. The van der Waals surface area contributed by atoms with Crippen LogP contribution in [0.1, 0.15) is 31.9 Å². The smallest absolute Gasteiger partial charge is 0.229 e. The van der Waals surface area contributed by atoms with Crippen LogP contribution in [-0.2, 0) is 10.0 Å². The van der Waals surface area contributed by atoms with Gasteiger partial charge in [-0.15, -0.1) is 0 Å². The van der Waals surface area contributed by atoms with Crippen molar-refractivity contribution in [3.8, 4) is 0 Å². The van der Waals surface area contributed by atoms with Crippen molar-refractivity contribution in [2.75, 3.05) is 17.5 Å². The number of anilines is 1. The minimum Gasteiger partial charge on any atom is -0.310 e. The van der Waals surface area contributed by atoms with E-state index < -0.39 is 10.0 Å². The SMILES string of the molecule is CCCNC(C)c1ccccc1NS(C)(=O)=O. The zero-order valence-corrected chi connectivity index (χ0v) is 11.3. The Morgan fingerprint density at radius 3 is 2.53 bits per heavy atom. The second kappa shape index (κ2) is 6.02. The lowest BCUT2D eigenvalue weighted by Crippen LogP contribution is -2.21. The van der Waals surface area contributed by atoms with Crippen LogP contribution in [0.5, 0.6) is 0 Å². The fourth-order valence-electron chi connectivity index (χ4n) is 1.64. The van der Waals surface area contributed by atoms with Crippen LogP contribution < -0.4 is 10.0 Å². The Morgan fingerprint density at radius 1 is 1.29 bits per heavy atom. The Hall–Kier alpha value is -1.07. The van der Waals surface area contributed by atoms with E-state index in [1.54, 1.807) is 6.07 Å². The Kier molecular flexibility index (Phi) is 4.96. The summed E-state index contributed by atoms with van der Waals surface area (Å²) in [7, 11) is -3.23. The molecule has 0 amide bonds. The van der Waals surface area contributed by atoms with Crippen LogP contribution in [0.2, 0.25) is 0 Å². The Bertz CT molecular complexity index is 457. The van der Waals surface area contributed by atoms with Gasteiger partial charge in [-0.3, -0.25) is 4.72 Å². The van der Waals surface area contributed by atoms with Crippen molar-refractivity contribution in [1.29, 1.82) is 0 Å². The number of hydrogen-bond acceptors (Lipinski definition) is 3. The first-order valence-electron chi connectivity index (χ1n) is 5.74. The summed E-state index contributed by atoms with van der Waals surface area (Å²) in [5, 5.41) is 3.34. The zero-order valence-electron chi connectivity index (χ0n) is 10.5. The molecule has 17 heavy (non-hydrogen) atoms. The van der Waals surface area contributed by atoms with E-state index in [0.29, 0.717) is 5.69 Å². The molecule has 0 heterocycles. The molecule has 1 unspecified atom stereocenters. The van der Waals surface area contributed by atoms with E-state index in [9.17, 15) is 8.42 Å². The number of hydrogen-bond donors (Lipinski definition) is 2. The quantitative estimate of drug-likeness (QED) is 0.819. The van der Waals surface area contributed by atoms with Gasteiger partial charge in [0.15, 0.2) is 0 Å². The molecule has 1 atom stereocenters. The summed E-state index contributed by atoms with van der Waals surface area (Å²) in [6, 6.07) is 7.57. The predicted octanol–water partition coefficient (Wildman–Crippen LogP) is 2.12. The van der Waals surface area contributed by atoms with Gasteiger partial charge >= 0.3 is 0 Å². The highest BCUT2D eigenvalue weighted by Gasteiger charge is 2.11. The predicted molar refractivity (Wildman–Crippen MR) is 71.6 cm³/mol. The van der Waals surface area contributed by atoms with E-state index in [2.05, 4.69) is 17.0 Å². The molecule has 2 N–H and O–H groups in total. The van der Waals surface area contributed by atoms with Gasteiger partial charge in [0, 0.05) is 6.04 Å². The number of para-hydroxylation sites is 1. The van der Waals surface area contributed by atoms with E-state index in [1.165, 1.54) is 0 Å². The molecular formula is C12H20N2O2S. The molecule has 0 aliphatic heterocycles. The minimum atomic E-state index is -3.23. The first-order chi connectivity index (χ1) is 7.94. The van der Waals surface area contributed by atoms with Gasteiger partial charge in [0.05, 0.1) is 11.9 Å². The van der Waals surface area contributed by atoms with E-state index in [1.807, 2.05) is 25.1 Å². The summed E-state index contributed by atoms with van der Waals surface area (Å²) in [6.07, 6.45) is 2.21. The van der Waals surface area contributed by atoms with Crippen molar-refractivity contribution in [1.82, 2.24) is 5.32 Å². The fourth-order valence-corrected chi connectivity index (χ4v) is 2.22. The standard InChI is InChI=1S/C12H20N2O2S/c1-4-9-13-10(2)11-7-5-6-8-12(11)14-17(3,15)16/h5-8,10,13-14H,4,9H2,1-3H3. The van der Waals surface area contributed by atoms with Gasteiger partial charge in [0.25, 0.3) is 0 Å². The van der Waals surface area contributed by atoms with Crippen molar-refractivity contribution >= 4 is 15.7 Å². The second-order valence-electron chi connectivity index (χ2n) is 4.14. The van der Waals surface area contributed by atoms with Crippen molar-refractivity contribution in [3.05, 3.63) is 29.8 Å². The van der Waals surface area contributed by atoms with Crippen LogP contribution in [0.25, 0.3) is 0 Å². The van der Waals surface area contributed by atoms with Gasteiger partial charge in [-0.2, -0.15) is 0 Å². The van der Waals surface area contributed by atoms with E-state index in [4.69, 9.17) is 0 Å². The monoisotopic (exact) mass is 256 g/mol. The molecule has 0 aliphatic carbocycles. The van der Waals surface area contributed by atoms with Crippen molar-refractivity contribution in [2.24, 2.45) is 0 Å². The van der Waals surface area contributed by atoms with Crippen molar-refractivity contribution in [3.63, 3.8) is 0 Å². The molecule has 0 bridgehead atoms. The molecule has 1 aromatic carbocycles. The third kappa shape index (κ3) is 4.75. The van der Waals surface area contributed by atoms with Gasteiger partial charge in [0.2, 0.25) is 10.0 Å². The number of sulfonamides is 1. The molecule has 0 radical (unpaired) electrons. The maximum Gasteiger partial charge on any atom is 0.229 e. The van der Waals surface area contributed by atoms with Crippen LogP contribution in [0, 0.1) is 0 Å². The molecule has 0 aliphatic rings. The molecule has 0 fully saturated rings. The zero-order chi connectivity index (χ0) is 12.9. The molecule has 0 spiro atoms. The highest BCUT2D eigenvalue weighted by Crippen LogP contribution is 2.23.